The molecular formula is C8H11N5O. The zero-order chi connectivity index (χ0) is 9.97. The molecule has 0 aliphatic rings. The maximum absolute atomic E-state index is 5.40. The third kappa shape index (κ3) is 1.90. The van der Waals surface area contributed by atoms with Gasteiger partial charge in [-0.1, -0.05) is 0 Å². The Bertz CT molecular complexity index is 379. The number of rotatable bonds is 3. The SMILES string of the molecule is Cc1nc(COc2cnn(C)c2)n[nH]1. The van der Waals surface area contributed by atoms with Crippen LogP contribution in [0, 0.1) is 6.92 Å². The fraction of sp³-hybridized carbons (Fsp3) is 0.375. The van der Waals surface area contributed by atoms with E-state index in [9.17, 15) is 0 Å². The minimum Gasteiger partial charge on any atom is -0.482 e. The lowest BCUT2D eigenvalue weighted by Gasteiger charge is -1.97. The number of H-pyrrole nitrogens is 1. The summed E-state index contributed by atoms with van der Waals surface area (Å²) in [5.74, 6) is 2.15. The summed E-state index contributed by atoms with van der Waals surface area (Å²) in [6, 6.07) is 0. The summed E-state index contributed by atoms with van der Waals surface area (Å²) < 4.78 is 7.08. The van der Waals surface area contributed by atoms with E-state index < -0.39 is 0 Å². The van der Waals surface area contributed by atoms with E-state index in [1.807, 2.05) is 14.0 Å². The van der Waals surface area contributed by atoms with Crippen LogP contribution < -0.4 is 4.74 Å². The van der Waals surface area contributed by atoms with Crippen LogP contribution in [0.25, 0.3) is 0 Å². The quantitative estimate of drug-likeness (QED) is 0.767. The van der Waals surface area contributed by atoms with Gasteiger partial charge in [-0.05, 0) is 6.92 Å². The van der Waals surface area contributed by atoms with E-state index in [0.29, 0.717) is 12.4 Å². The van der Waals surface area contributed by atoms with Crippen molar-refractivity contribution in [1.82, 2.24) is 25.0 Å². The predicted octanol–water partition coefficient (Wildman–Crippen LogP) is 0.426. The Kier molecular flexibility index (Phi) is 2.18. The van der Waals surface area contributed by atoms with Crippen molar-refractivity contribution in [2.45, 2.75) is 13.5 Å². The summed E-state index contributed by atoms with van der Waals surface area (Å²) in [6.07, 6.45) is 3.44. The van der Waals surface area contributed by atoms with Crippen molar-refractivity contribution in [2.24, 2.45) is 7.05 Å². The van der Waals surface area contributed by atoms with Gasteiger partial charge in [-0.3, -0.25) is 9.78 Å². The fourth-order valence-corrected chi connectivity index (χ4v) is 1.07. The highest BCUT2D eigenvalue weighted by molar-refractivity contribution is 5.11. The van der Waals surface area contributed by atoms with Crippen molar-refractivity contribution in [1.29, 1.82) is 0 Å². The molecule has 2 aromatic rings. The monoisotopic (exact) mass is 193 g/mol. The van der Waals surface area contributed by atoms with Crippen LogP contribution >= 0.6 is 0 Å². The molecule has 6 heteroatoms. The highest BCUT2D eigenvalue weighted by Crippen LogP contribution is 2.08. The molecule has 0 saturated heterocycles. The molecule has 74 valence electrons. The Morgan fingerprint density at radius 2 is 2.43 bits per heavy atom. The number of nitrogens with one attached hydrogen (secondary N) is 1. The summed E-state index contributed by atoms with van der Waals surface area (Å²) in [5, 5.41) is 10.7. The average molecular weight is 193 g/mol. The molecule has 0 bridgehead atoms. The normalized spacial score (nSPS) is 10.4. The van der Waals surface area contributed by atoms with Crippen LogP contribution in [0.4, 0.5) is 0 Å². The topological polar surface area (TPSA) is 68.6 Å². The number of hydrogen-bond acceptors (Lipinski definition) is 4. The standard InChI is InChI=1S/C8H11N5O/c1-6-10-8(12-11-6)5-14-7-3-9-13(2)4-7/h3-4H,5H2,1-2H3,(H,10,11,12). The lowest BCUT2D eigenvalue weighted by molar-refractivity contribution is 0.296. The molecule has 0 atom stereocenters. The smallest absolute Gasteiger partial charge is 0.188 e. The highest BCUT2D eigenvalue weighted by Gasteiger charge is 2.01. The Morgan fingerprint density at radius 1 is 1.57 bits per heavy atom. The number of hydrogen-bond donors (Lipinski definition) is 1. The number of nitrogens with zero attached hydrogens (tertiary/aromatic N) is 4. The Balaban J connectivity index is 1.94. The van der Waals surface area contributed by atoms with Gasteiger partial charge in [0.2, 0.25) is 0 Å². The molecule has 2 heterocycles. The van der Waals surface area contributed by atoms with Crippen molar-refractivity contribution >= 4 is 0 Å². The predicted molar refractivity (Wildman–Crippen MR) is 48.7 cm³/mol. The second kappa shape index (κ2) is 3.49. The van der Waals surface area contributed by atoms with Gasteiger partial charge in [0.05, 0.1) is 12.4 Å². The first-order valence-electron chi connectivity index (χ1n) is 4.23. The molecule has 14 heavy (non-hydrogen) atoms. The van der Waals surface area contributed by atoms with Gasteiger partial charge in [0.15, 0.2) is 11.6 Å². The summed E-state index contributed by atoms with van der Waals surface area (Å²) in [7, 11) is 1.84. The third-order valence-electron chi connectivity index (χ3n) is 1.69. The van der Waals surface area contributed by atoms with Gasteiger partial charge < -0.3 is 4.74 Å². The number of aromatic amines is 1. The van der Waals surface area contributed by atoms with Gasteiger partial charge >= 0.3 is 0 Å². The number of aryl methyl sites for hydroxylation is 2. The van der Waals surface area contributed by atoms with Gasteiger partial charge in [-0.25, -0.2) is 4.98 Å². The summed E-state index contributed by atoms with van der Waals surface area (Å²) in [5.41, 5.74) is 0. The van der Waals surface area contributed by atoms with Crippen LogP contribution in [0.1, 0.15) is 11.6 Å². The lowest BCUT2D eigenvalue weighted by Crippen LogP contribution is -1.96. The minimum atomic E-state index is 0.357. The van der Waals surface area contributed by atoms with Crippen LogP contribution in [0.3, 0.4) is 0 Å². The average Bonchev–Trinajstić information content (AvgIpc) is 2.72. The summed E-state index contributed by atoms with van der Waals surface area (Å²) in [4.78, 5) is 4.11. The minimum absolute atomic E-state index is 0.357. The molecule has 0 aliphatic heterocycles. The molecule has 0 fully saturated rings. The Labute approximate surface area is 80.9 Å². The Morgan fingerprint density at radius 3 is 3.00 bits per heavy atom. The zero-order valence-electron chi connectivity index (χ0n) is 8.06. The van der Waals surface area contributed by atoms with Gasteiger partial charge in [-0.2, -0.15) is 10.2 Å². The van der Waals surface area contributed by atoms with E-state index in [1.165, 1.54) is 0 Å². The molecule has 0 saturated carbocycles. The van der Waals surface area contributed by atoms with Crippen LogP contribution in [-0.4, -0.2) is 25.0 Å². The molecule has 2 aromatic heterocycles. The van der Waals surface area contributed by atoms with Crippen molar-refractivity contribution in [3.05, 3.63) is 24.0 Å². The van der Waals surface area contributed by atoms with Gasteiger partial charge in [0.25, 0.3) is 0 Å². The van der Waals surface area contributed by atoms with Crippen LogP contribution in [0.15, 0.2) is 12.4 Å². The van der Waals surface area contributed by atoms with E-state index in [2.05, 4.69) is 20.3 Å². The number of aromatic nitrogens is 5. The summed E-state index contributed by atoms with van der Waals surface area (Å²) >= 11 is 0. The van der Waals surface area contributed by atoms with Crippen LogP contribution in [0.2, 0.25) is 0 Å². The van der Waals surface area contributed by atoms with Crippen LogP contribution in [0.5, 0.6) is 5.75 Å². The molecule has 1 N–H and O–H groups in total. The van der Waals surface area contributed by atoms with E-state index >= 15 is 0 Å². The van der Waals surface area contributed by atoms with Crippen LogP contribution in [-0.2, 0) is 13.7 Å². The van der Waals surface area contributed by atoms with Crippen molar-refractivity contribution in [2.75, 3.05) is 0 Å². The highest BCUT2D eigenvalue weighted by atomic mass is 16.5. The molecule has 0 unspecified atom stereocenters. The number of ether oxygens (including phenoxy) is 1. The van der Waals surface area contributed by atoms with Gasteiger partial charge in [0.1, 0.15) is 12.4 Å². The molecule has 0 amide bonds. The van der Waals surface area contributed by atoms with E-state index in [1.54, 1.807) is 17.1 Å². The largest absolute Gasteiger partial charge is 0.482 e. The molecule has 0 radical (unpaired) electrons. The molecular weight excluding hydrogens is 182 g/mol. The first kappa shape index (κ1) is 8.74. The molecule has 2 rings (SSSR count). The van der Waals surface area contributed by atoms with Gasteiger partial charge in [-0.15, -0.1) is 0 Å². The first-order valence-corrected chi connectivity index (χ1v) is 4.23. The van der Waals surface area contributed by atoms with Gasteiger partial charge in [0, 0.05) is 7.05 Å². The maximum Gasteiger partial charge on any atom is 0.188 e. The zero-order valence-corrected chi connectivity index (χ0v) is 8.06. The van der Waals surface area contributed by atoms with E-state index in [4.69, 9.17) is 4.74 Å². The molecule has 0 aromatic carbocycles. The second-order valence-corrected chi connectivity index (χ2v) is 2.98. The Hall–Kier alpha value is -1.85. The maximum atomic E-state index is 5.40. The third-order valence-corrected chi connectivity index (χ3v) is 1.69. The molecule has 6 nitrogen and oxygen atoms in total. The van der Waals surface area contributed by atoms with Crippen molar-refractivity contribution in [3.63, 3.8) is 0 Å². The lowest BCUT2D eigenvalue weighted by atomic mass is 10.6. The fourth-order valence-electron chi connectivity index (χ4n) is 1.07. The molecule has 0 spiro atoms. The van der Waals surface area contributed by atoms with Crippen molar-refractivity contribution < 1.29 is 4.74 Å². The molecule has 0 aliphatic carbocycles. The summed E-state index contributed by atoms with van der Waals surface area (Å²) in [6.45, 7) is 2.20. The van der Waals surface area contributed by atoms with Crippen molar-refractivity contribution in [3.8, 4) is 5.75 Å². The van der Waals surface area contributed by atoms with E-state index in [-0.39, 0.29) is 0 Å². The second-order valence-electron chi connectivity index (χ2n) is 2.98. The first-order chi connectivity index (χ1) is 6.74. The van der Waals surface area contributed by atoms with E-state index in [0.717, 1.165) is 11.6 Å².